The molecule has 3 aromatic rings. The maximum absolute atomic E-state index is 13.4. The van der Waals surface area contributed by atoms with Crippen LogP contribution in [0.25, 0.3) is 0 Å². The number of carbonyl (C=O) groups excluding carboxylic acids is 2. The van der Waals surface area contributed by atoms with Gasteiger partial charge in [-0.2, -0.15) is 10.1 Å². The fourth-order valence-corrected chi connectivity index (χ4v) is 4.49. The number of aromatic nitrogens is 3. The van der Waals surface area contributed by atoms with Gasteiger partial charge in [-0.3, -0.25) is 4.79 Å². The third-order valence-electron chi connectivity index (χ3n) is 6.10. The van der Waals surface area contributed by atoms with Crippen LogP contribution in [0.3, 0.4) is 0 Å². The van der Waals surface area contributed by atoms with Gasteiger partial charge in [-0.1, -0.05) is 24.3 Å². The van der Waals surface area contributed by atoms with Crippen molar-refractivity contribution in [1.82, 2.24) is 14.8 Å². The Balaban J connectivity index is 1.52. The number of Topliss-reactive ketones (excluding diaryl/α,β-unsaturated/α-hetero) is 1. The summed E-state index contributed by atoms with van der Waals surface area (Å²) in [5.41, 5.74) is 3.96. The lowest BCUT2D eigenvalue weighted by Gasteiger charge is -2.35. The Hall–Kier alpha value is -3.94. The van der Waals surface area contributed by atoms with Crippen molar-refractivity contribution in [2.45, 2.75) is 24.8 Å². The molecule has 2 atom stereocenters. The molecule has 1 aliphatic carbocycles. The molecule has 8 nitrogen and oxygen atoms in total. The van der Waals surface area contributed by atoms with E-state index in [-0.39, 0.29) is 11.7 Å². The molecule has 0 spiro atoms. The number of methoxy groups -OCH3 is 2. The Morgan fingerprint density at radius 2 is 1.75 bits per heavy atom. The highest BCUT2D eigenvalue weighted by Gasteiger charge is 2.39. The number of fused-ring (bicyclic) bond motifs is 1. The fraction of sp³-hybridized carbons (Fsp3) is 0.250. The number of allylic oxidation sites excluding steroid dienone is 2. The van der Waals surface area contributed by atoms with E-state index in [0.717, 1.165) is 22.6 Å². The number of ketones is 1. The van der Waals surface area contributed by atoms with Crippen LogP contribution in [-0.2, 0) is 9.53 Å². The molecule has 1 N–H and O–H groups in total. The molecule has 1 aliphatic heterocycles. The van der Waals surface area contributed by atoms with Crippen LogP contribution in [0.2, 0.25) is 0 Å². The van der Waals surface area contributed by atoms with Gasteiger partial charge in [0, 0.05) is 17.7 Å². The highest BCUT2D eigenvalue weighted by molar-refractivity contribution is 6.00. The lowest BCUT2D eigenvalue weighted by molar-refractivity contribution is -0.116. The van der Waals surface area contributed by atoms with E-state index in [2.05, 4.69) is 15.4 Å². The van der Waals surface area contributed by atoms with Crippen LogP contribution in [0.15, 0.2) is 66.1 Å². The predicted molar refractivity (Wildman–Crippen MR) is 117 cm³/mol. The van der Waals surface area contributed by atoms with Crippen LogP contribution >= 0.6 is 0 Å². The largest absolute Gasteiger partial charge is 0.497 e. The Bertz CT molecular complexity index is 1210. The van der Waals surface area contributed by atoms with Gasteiger partial charge in [0.05, 0.1) is 19.8 Å². The van der Waals surface area contributed by atoms with Gasteiger partial charge in [-0.25, -0.2) is 9.48 Å². The first-order valence-corrected chi connectivity index (χ1v) is 10.3. The molecule has 162 valence electrons. The Morgan fingerprint density at radius 3 is 2.44 bits per heavy atom. The zero-order valence-corrected chi connectivity index (χ0v) is 17.7. The molecule has 0 radical (unpaired) electrons. The second kappa shape index (κ2) is 7.96. The van der Waals surface area contributed by atoms with Crippen LogP contribution < -0.4 is 10.1 Å². The summed E-state index contributed by atoms with van der Waals surface area (Å²) in [4.78, 5) is 29.6. The zero-order chi connectivity index (χ0) is 22.2. The van der Waals surface area contributed by atoms with E-state index in [1.165, 1.54) is 13.4 Å². The highest BCUT2D eigenvalue weighted by Crippen LogP contribution is 2.43. The van der Waals surface area contributed by atoms with Gasteiger partial charge in [0.1, 0.15) is 18.1 Å². The number of nitrogens with one attached hydrogen (secondary N) is 1. The number of hydrogen-bond acceptors (Lipinski definition) is 7. The summed E-state index contributed by atoms with van der Waals surface area (Å²) < 4.78 is 11.8. The lowest BCUT2D eigenvalue weighted by atomic mass is 9.78. The van der Waals surface area contributed by atoms with Crippen LogP contribution in [0.1, 0.15) is 46.3 Å². The first-order valence-electron chi connectivity index (χ1n) is 10.3. The summed E-state index contributed by atoms with van der Waals surface area (Å²) in [5.74, 6) is 1.11. The van der Waals surface area contributed by atoms with Crippen molar-refractivity contribution < 1.29 is 19.1 Å². The number of esters is 1. The molecule has 1 aromatic heterocycles. The molecule has 0 saturated heterocycles. The molecule has 2 aromatic carbocycles. The summed E-state index contributed by atoms with van der Waals surface area (Å²) in [6.45, 7) is 0. The first kappa shape index (κ1) is 20.0. The van der Waals surface area contributed by atoms with E-state index < -0.39 is 12.0 Å². The summed E-state index contributed by atoms with van der Waals surface area (Å²) in [6, 6.07) is 14.5. The number of rotatable bonds is 4. The molecule has 0 amide bonds. The molecular weight excluding hydrogens is 408 g/mol. The molecule has 0 bridgehead atoms. The second-order valence-corrected chi connectivity index (χ2v) is 7.86. The van der Waals surface area contributed by atoms with Gasteiger partial charge < -0.3 is 14.8 Å². The van der Waals surface area contributed by atoms with Gasteiger partial charge in [0.2, 0.25) is 5.95 Å². The van der Waals surface area contributed by atoms with Crippen LogP contribution in [0.4, 0.5) is 5.95 Å². The third-order valence-corrected chi connectivity index (χ3v) is 6.10. The molecule has 2 unspecified atom stereocenters. The Kier molecular flexibility index (Phi) is 4.97. The first-order chi connectivity index (χ1) is 15.6. The molecule has 5 rings (SSSR count). The summed E-state index contributed by atoms with van der Waals surface area (Å²) in [7, 11) is 2.98. The van der Waals surface area contributed by atoms with Crippen molar-refractivity contribution in [3.8, 4) is 5.75 Å². The van der Waals surface area contributed by atoms with Crippen molar-refractivity contribution in [3.05, 3.63) is 82.8 Å². The number of benzene rings is 2. The quantitative estimate of drug-likeness (QED) is 0.633. The standard InChI is InChI=1S/C24H22N4O4/c1-31-18-9-7-14(8-10-18)17-11-19-21(20(29)12-17)22(28-24(27-19)25-13-26-28)15-3-5-16(6-4-15)23(30)32-2/h3-10,13,17,22H,11-12H2,1-2H3,(H,25,26,27). The average molecular weight is 430 g/mol. The van der Waals surface area contributed by atoms with Gasteiger partial charge in [0.15, 0.2) is 5.78 Å². The molecule has 0 saturated carbocycles. The SMILES string of the molecule is COC(=O)c1ccc(C2C3=C(CC(c4ccc(OC)cc4)CC3=O)Nc3ncnn32)cc1. The van der Waals surface area contributed by atoms with Crippen molar-refractivity contribution in [2.24, 2.45) is 0 Å². The van der Waals surface area contributed by atoms with Crippen molar-refractivity contribution >= 4 is 17.7 Å². The normalized spacial score (nSPS) is 19.6. The van der Waals surface area contributed by atoms with E-state index in [0.29, 0.717) is 29.9 Å². The van der Waals surface area contributed by atoms with Crippen molar-refractivity contribution in [1.29, 1.82) is 0 Å². The molecule has 2 aliphatic rings. The van der Waals surface area contributed by atoms with Gasteiger partial charge in [-0.05, 0) is 47.7 Å². The van der Waals surface area contributed by atoms with E-state index in [1.807, 2.05) is 36.4 Å². The topological polar surface area (TPSA) is 95.3 Å². The van der Waals surface area contributed by atoms with Crippen LogP contribution in [0, 0.1) is 0 Å². The predicted octanol–water partition coefficient (Wildman–Crippen LogP) is 3.49. The van der Waals surface area contributed by atoms with Crippen molar-refractivity contribution in [3.63, 3.8) is 0 Å². The minimum atomic E-state index is -0.403. The highest BCUT2D eigenvalue weighted by atomic mass is 16.5. The Labute approximate surface area is 184 Å². The minimum absolute atomic E-state index is 0.0662. The van der Waals surface area contributed by atoms with E-state index >= 15 is 0 Å². The maximum atomic E-state index is 13.4. The van der Waals surface area contributed by atoms with Gasteiger partial charge in [0.25, 0.3) is 0 Å². The van der Waals surface area contributed by atoms with E-state index in [4.69, 9.17) is 9.47 Å². The number of ether oxygens (including phenoxy) is 2. The minimum Gasteiger partial charge on any atom is -0.497 e. The smallest absolute Gasteiger partial charge is 0.337 e. The summed E-state index contributed by atoms with van der Waals surface area (Å²) in [6.07, 6.45) is 2.58. The van der Waals surface area contributed by atoms with Crippen LogP contribution in [-0.4, -0.2) is 40.7 Å². The van der Waals surface area contributed by atoms with E-state index in [9.17, 15) is 9.59 Å². The summed E-state index contributed by atoms with van der Waals surface area (Å²) >= 11 is 0. The summed E-state index contributed by atoms with van der Waals surface area (Å²) in [5, 5.41) is 7.68. The average Bonchev–Trinajstić information content (AvgIpc) is 3.30. The number of nitrogens with zero attached hydrogens (tertiary/aromatic N) is 3. The Morgan fingerprint density at radius 1 is 1.03 bits per heavy atom. The molecule has 2 heterocycles. The molecule has 8 heteroatoms. The third kappa shape index (κ3) is 3.33. The van der Waals surface area contributed by atoms with E-state index in [1.54, 1.807) is 23.9 Å². The zero-order valence-electron chi connectivity index (χ0n) is 17.7. The number of hydrogen-bond donors (Lipinski definition) is 1. The monoisotopic (exact) mass is 430 g/mol. The maximum Gasteiger partial charge on any atom is 0.337 e. The van der Waals surface area contributed by atoms with Gasteiger partial charge in [-0.15, -0.1) is 0 Å². The van der Waals surface area contributed by atoms with Crippen molar-refractivity contribution in [2.75, 3.05) is 19.5 Å². The lowest BCUT2D eigenvalue weighted by Crippen LogP contribution is -2.33. The second-order valence-electron chi connectivity index (χ2n) is 7.86. The molecule has 32 heavy (non-hydrogen) atoms. The molecular formula is C24H22N4O4. The molecule has 0 fully saturated rings. The number of anilines is 1. The number of carbonyl (C=O) groups is 2. The van der Waals surface area contributed by atoms with Gasteiger partial charge >= 0.3 is 5.97 Å². The van der Waals surface area contributed by atoms with Crippen LogP contribution in [0.5, 0.6) is 5.75 Å². The fourth-order valence-electron chi connectivity index (χ4n) is 4.49.